The summed E-state index contributed by atoms with van der Waals surface area (Å²) in [6.45, 7) is 11.9. The molecule has 0 radical (unpaired) electrons. The zero-order valence-corrected chi connectivity index (χ0v) is 33.7. The van der Waals surface area contributed by atoms with E-state index in [2.05, 4.69) is 0 Å². The number of nitrogens with zero attached hydrogens (tertiary/aromatic N) is 3. The number of rotatable bonds is 12. The van der Waals surface area contributed by atoms with Crippen molar-refractivity contribution in [1.82, 2.24) is 0 Å². The van der Waals surface area contributed by atoms with Crippen LogP contribution in [0.3, 0.4) is 0 Å². The predicted molar refractivity (Wildman–Crippen MR) is 219 cm³/mol. The van der Waals surface area contributed by atoms with Crippen molar-refractivity contribution in [1.29, 1.82) is 0 Å². The fourth-order valence-electron chi connectivity index (χ4n) is 5.41. The van der Waals surface area contributed by atoms with Crippen LogP contribution in [0.25, 0.3) is 0 Å². The van der Waals surface area contributed by atoms with Gasteiger partial charge in [0.25, 0.3) is 0 Å². The first-order valence-electron chi connectivity index (χ1n) is 17.5. The average Bonchev–Trinajstić information content (AvgIpc) is 3.14. The highest BCUT2D eigenvalue weighted by atomic mass is 31.3. The summed E-state index contributed by atoms with van der Waals surface area (Å²) in [6, 6.07) is 45.8. The van der Waals surface area contributed by atoms with Gasteiger partial charge in [0.2, 0.25) is 0 Å². The Morgan fingerprint density at radius 1 is 0.315 bits per heavy atom. The molecule has 0 bridgehead atoms. The van der Waals surface area contributed by atoms with Crippen LogP contribution in [0.2, 0.25) is 0 Å². The summed E-state index contributed by atoms with van der Waals surface area (Å²) >= 11 is 0. The highest BCUT2D eigenvalue weighted by Gasteiger charge is 2.49. The van der Waals surface area contributed by atoms with Crippen LogP contribution < -0.4 is 27.1 Å². The maximum Gasteiger partial charge on any atom is 0.460 e. The third kappa shape index (κ3) is 8.77. The van der Waals surface area contributed by atoms with Crippen molar-refractivity contribution in [3.63, 3.8) is 0 Å². The van der Waals surface area contributed by atoms with Crippen molar-refractivity contribution < 1.29 is 27.1 Å². The molecular formula is C42H42N3O6P3. The minimum atomic E-state index is -3.97. The van der Waals surface area contributed by atoms with Gasteiger partial charge in [0, 0.05) is 0 Å². The molecule has 0 unspecified atom stereocenters. The molecule has 6 aromatic rings. The first-order valence-corrected chi connectivity index (χ1v) is 22.1. The van der Waals surface area contributed by atoms with Gasteiger partial charge in [-0.15, -0.1) is 0 Å². The Hall–Kier alpha value is -5.19. The van der Waals surface area contributed by atoms with Gasteiger partial charge in [-0.25, -0.2) is 0 Å². The Bertz CT molecular complexity index is 2170. The summed E-state index contributed by atoms with van der Waals surface area (Å²) in [6.07, 6.45) is 0. The molecule has 276 valence electrons. The van der Waals surface area contributed by atoms with E-state index in [0.717, 1.165) is 33.4 Å². The fourth-order valence-corrected chi connectivity index (χ4v) is 14.7. The van der Waals surface area contributed by atoms with E-state index in [4.69, 9.17) is 40.7 Å². The molecule has 0 N–H and O–H groups in total. The normalized spacial score (nSPS) is 20.3. The van der Waals surface area contributed by atoms with Gasteiger partial charge in [-0.05, 0) is 130 Å². The molecule has 9 nitrogen and oxygen atoms in total. The summed E-state index contributed by atoms with van der Waals surface area (Å²) in [7, 11) is -11.9. The Kier molecular flexibility index (Phi) is 10.8. The second kappa shape index (κ2) is 15.7. The van der Waals surface area contributed by atoms with E-state index >= 15 is 0 Å². The van der Waals surface area contributed by atoms with Gasteiger partial charge in [0.05, 0.1) is 0 Å². The largest absolute Gasteiger partial charge is 0.460 e. The third-order valence-corrected chi connectivity index (χ3v) is 16.3. The van der Waals surface area contributed by atoms with Crippen LogP contribution in [0, 0.1) is 41.5 Å². The van der Waals surface area contributed by atoms with E-state index < -0.39 is 23.0 Å². The minimum absolute atomic E-state index is 0.472. The molecule has 12 heteroatoms. The van der Waals surface area contributed by atoms with Crippen molar-refractivity contribution in [2.24, 2.45) is 13.5 Å². The number of benzene rings is 6. The molecule has 54 heavy (non-hydrogen) atoms. The molecule has 7 rings (SSSR count). The second-order valence-corrected chi connectivity index (χ2v) is 19.2. The van der Waals surface area contributed by atoms with Crippen LogP contribution in [-0.4, -0.2) is 0 Å². The minimum Gasteiger partial charge on any atom is -0.413 e. The van der Waals surface area contributed by atoms with Crippen LogP contribution in [-0.2, 0) is 0 Å². The molecule has 0 amide bonds. The molecular weight excluding hydrogens is 735 g/mol. The van der Waals surface area contributed by atoms with Crippen LogP contribution in [0.5, 0.6) is 34.5 Å². The summed E-state index contributed by atoms with van der Waals surface area (Å²) in [5.41, 5.74) is 5.52. The molecule has 1 aliphatic heterocycles. The molecule has 0 saturated carbocycles. The fraction of sp³-hybridized carbons (Fsp3) is 0.143. The van der Waals surface area contributed by atoms with Crippen molar-refractivity contribution in [2.45, 2.75) is 41.5 Å². The van der Waals surface area contributed by atoms with E-state index in [0.29, 0.717) is 34.5 Å². The maximum atomic E-state index is 7.06. The van der Waals surface area contributed by atoms with E-state index in [1.165, 1.54) is 0 Å². The number of hydrogen-bond acceptors (Lipinski definition) is 9. The van der Waals surface area contributed by atoms with Gasteiger partial charge < -0.3 is 27.1 Å². The number of para-hydroxylation sites is 3. The van der Waals surface area contributed by atoms with Crippen LogP contribution in [0.15, 0.2) is 159 Å². The predicted octanol–water partition coefficient (Wildman–Crippen LogP) is 14.2. The first-order chi connectivity index (χ1) is 26.0. The number of hydrogen-bond donors (Lipinski definition) is 0. The number of aryl methyl sites for hydroxylation is 6. The third-order valence-electron chi connectivity index (χ3n) is 8.26. The van der Waals surface area contributed by atoms with Gasteiger partial charge >= 0.3 is 23.0 Å². The van der Waals surface area contributed by atoms with Crippen molar-refractivity contribution in [3.05, 3.63) is 179 Å². The molecule has 6 aromatic carbocycles. The SMILES string of the molecule is Cc1ccc(C)c(OP2(Oc3ccccc3)=NP(Oc3ccccc3)(Oc3cc(C)ccc3C)=NP(Oc3ccccc3)(Oc3cc(C)ccc3C)=N2)c1. The summed E-state index contributed by atoms with van der Waals surface area (Å²) < 4.78 is 58.1. The molecule has 1 heterocycles. The highest BCUT2D eigenvalue weighted by Crippen LogP contribution is 2.79. The van der Waals surface area contributed by atoms with Crippen molar-refractivity contribution in [2.75, 3.05) is 0 Å². The Morgan fingerprint density at radius 2 is 0.574 bits per heavy atom. The molecule has 0 spiro atoms. The summed E-state index contributed by atoms with van der Waals surface area (Å²) in [5.74, 6) is 3.01. The lowest BCUT2D eigenvalue weighted by molar-refractivity contribution is 0.441. The van der Waals surface area contributed by atoms with E-state index in [1.807, 2.05) is 187 Å². The smallest absolute Gasteiger partial charge is 0.413 e. The summed E-state index contributed by atoms with van der Waals surface area (Å²) in [5, 5.41) is 0. The van der Waals surface area contributed by atoms with Crippen molar-refractivity contribution >= 4 is 23.0 Å². The molecule has 0 saturated heterocycles. The zero-order chi connectivity index (χ0) is 37.8. The van der Waals surface area contributed by atoms with Gasteiger partial charge in [-0.2, -0.15) is 0 Å². The van der Waals surface area contributed by atoms with E-state index in [-0.39, 0.29) is 0 Å². The van der Waals surface area contributed by atoms with Crippen LogP contribution >= 0.6 is 23.0 Å². The lowest BCUT2D eigenvalue weighted by atomic mass is 10.1. The van der Waals surface area contributed by atoms with Gasteiger partial charge in [-0.3, -0.25) is 0 Å². The van der Waals surface area contributed by atoms with Crippen LogP contribution in [0.4, 0.5) is 0 Å². The Morgan fingerprint density at radius 3 is 0.833 bits per heavy atom. The lowest BCUT2D eigenvalue weighted by Gasteiger charge is -2.33. The van der Waals surface area contributed by atoms with Gasteiger partial charge in [-0.1, -0.05) is 105 Å². The molecule has 0 aromatic heterocycles. The van der Waals surface area contributed by atoms with Gasteiger partial charge in [0.1, 0.15) is 34.5 Å². The van der Waals surface area contributed by atoms with E-state index in [9.17, 15) is 0 Å². The molecule has 0 aliphatic carbocycles. The van der Waals surface area contributed by atoms with Crippen molar-refractivity contribution in [3.8, 4) is 34.5 Å². The standard InChI is InChI=1S/C42H42N3O6P3/c1-31-22-25-34(4)40(28-31)49-52(46-37-16-10-7-11-17-37)43-53(47-38-18-12-8-13-19-38,50-41-29-32(2)23-26-35(41)5)45-54(44-52,48-39-20-14-9-15-21-39)51-42-30-33(3)24-27-36(42)6/h7-30H,1-6H3. The maximum absolute atomic E-state index is 7.06. The molecule has 0 atom stereocenters. The monoisotopic (exact) mass is 777 g/mol. The second-order valence-electron chi connectivity index (χ2n) is 13.0. The lowest BCUT2D eigenvalue weighted by Crippen LogP contribution is -2.12. The Labute approximate surface area is 317 Å². The van der Waals surface area contributed by atoms with Crippen LogP contribution in [0.1, 0.15) is 33.4 Å². The Balaban J connectivity index is 1.61. The van der Waals surface area contributed by atoms with Gasteiger partial charge in [0.15, 0.2) is 0 Å². The topological polar surface area (TPSA) is 92.5 Å². The summed E-state index contributed by atoms with van der Waals surface area (Å²) in [4.78, 5) is 0. The average molecular weight is 778 g/mol. The molecule has 0 fully saturated rings. The quantitative estimate of drug-likeness (QED) is 0.115. The highest BCUT2D eigenvalue weighted by molar-refractivity contribution is 7.79. The first kappa shape index (κ1) is 37.1. The molecule has 1 aliphatic rings. The zero-order valence-electron chi connectivity index (χ0n) is 31.0. The van der Waals surface area contributed by atoms with E-state index in [1.54, 1.807) is 0 Å².